The molecule has 0 unspecified atom stereocenters. The first-order chi connectivity index (χ1) is 5.88. The Hall–Kier alpha value is -1.08. The minimum atomic E-state index is 0.123. The third-order valence-corrected chi connectivity index (χ3v) is 1.77. The minimum Gasteiger partial charge on any atom is -0.392 e. The highest BCUT2D eigenvalue weighted by Gasteiger charge is 1.96. The van der Waals surface area contributed by atoms with E-state index < -0.39 is 0 Å². The smallest absolute Gasteiger partial charge is 0.0684 e. The maximum absolute atomic E-state index is 9.04. The fraction of sp³-hybridized carbons (Fsp3) is 0.273. The van der Waals surface area contributed by atoms with Crippen LogP contribution in [0.4, 0.5) is 0 Å². The van der Waals surface area contributed by atoms with E-state index in [0.717, 1.165) is 17.6 Å². The Labute approximate surface area is 73.4 Å². The second kappa shape index (κ2) is 4.73. The van der Waals surface area contributed by atoms with Gasteiger partial charge in [-0.1, -0.05) is 43.3 Å². The van der Waals surface area contributed by atoms with Gasteiger partial charge >= 0.3 is 0 Å². The number of hydrogen-bond acceptors (Lipinski definition) is 1. The van der Waals surface area contributed by atoms with E-state index in [1.807, 2.05) is 30.3 Å². The van der Waals surface area contributed by atoms with E-state index in [4.69, 9.17) is 5.11 Å². The van der Waals surface area contributed by atoms with E-state index in [1.165, 1.54) is 0 Å². The number of rotatable bonds is 3. The molecule has 0 saturated carbocycles. The molecule has 1 N–H and O–H groups in total. The topological polar surface area (TPSA) is 20.2 Å². The second-order valence-corrected chi connectivity index (χ2v) is 2.66. The van der Waals surface area contributed by atoms with Crippen molar-refractivity contribution in [3.63, 3.8) is 0 Å². The van der Waals surface area contributed by atoms with E-state index in [9.17, 15) is 0 Å². The molecule has 0 aromatic heterocycles. The summed E-state index contributed by atoms with van der Waals surface area (Å²) < 4.78 is 0. The van der Waals surface area contributed by atoms with Crippen molar-refractivity contribution in [3.05, 3.63) is 42.0 Å². The second-order valence-electron chi connectivity index (χ2n) is 2.66. The van der Waals surface area contributed by atoms with Crippen LogP contribution in [0.1, 0.15) is 18.9 Å². The standard InChI is InChI=1S/C11H14O/c1-2-6-11(9-12)10-7-4-3-5-8-10/h3-8,12H,2,9H2,1H3/b11-6-. The Balaban J connectivity index is 2.88. The van der Waals surface area contributed by atoms with Gasteiger partial charge in [0.05, 0.1) is 6.61 Å². The maximum atomic E-state index is 9.04. The van der Waals surface area contributed by atoms with Crippen LogP contribution in [0.5, 0.6) is 0 Å². The SMILES string of the molecule is CC/C=C(/CO)c1ccccc1. The molecule has 0 bridgehead atoms. The molecule has 0 aliphatic rings. The predicted molar refractivity (Wildman–Crippen MR) is 51.8 cm³/mol. The van der Waals surface area contributed by atoms with Crippen LogP contribution in [-0.2, 0) is 0 Å². The fourth-order valence-corrected chi connectivity index (χ4v) is 1.17. The molecular formula is C11H14O. The van der Waals surface area contributed by atoms with Crippen LogP contribution in [0, 0.1) is 0 Å². The largest absolute Gasteiger partial charge is 0.392 e. The molecule has 0 aliphatic heterocycles. The predicted octanol–water partition coefficient (Wildman–Crippen LogP) is 2.47. The van der Waals surface area contributed by atoms with E-state index in [1.54, 1.807) is 0 Å². The molecule has 0 radical (unpaired) electrons. The van der Waals surface area contributed by atoms with Gasteiger partial charge in [0.25, 0.3) is 0 Å². The molecule has 1 aromatic rings. The van der Waals surface area contributed by atoms with Crippen LogP contribution < -0.4 is 0 Å². The number of aliphatic hydroxyl groups is 1. The van der Waals surface area contributed by atoms with Gasteiger partial charge in [-0.05, 0) is 17.6 Å². The monoisotopic (exact) mass is 162 g/mol. The van der Waals surface area contributed by atoms with Gasteiger partial charge < -0.3 is 5.11 Å². The molecule has 0 fully saturated rings. The first kappa shape index (κ1) is 9.01. The molecule has 1 nitrogen and oxygen atoms in total. The summed E-state index contributed by atoms with van der Waals surface area (Å²) in [5.74, 6) is 0. The highest BCUT2D eigenvalue weighted by Crippen LogP contribution is 2.13. The third kappa shape index (κ3) is 2.21. The zero-order valence-electron chi connectivity index (χ0n) is 7.33. The lowest BCUT2D eigenvalue weighted by molar-refractivity contribution is 0.350. The normalized spacial score (nSPS) is 11.7. The van der Waals surface area contributed by atoms with Crippen LogP contribution >= 0.6 is 0 Å². The minimum absolute atomic E-state index is 0.123. The summed E-state index contributed by atoms with van der Waals surface area (Å²) in [7, 11) is 0. The summed E-state index contributed by atoms with van der Waals surface area (Å²) in [6, 6.07) is 9.96. The summed E-state index contributed by atoms with van der Waals surface area (Å²) in [5, 5.41) is 9.04. The lowest BCUT2D eigenvalue weighted by atomic mass is 10.1. The molecule has 1 aromatic carbocycles. The Morgan fingerprint density at radius 2 is 2.00 bits per heavy atom. The van der Waals surface area contributed by atoms with Crippen molar-refractivity contribution < 1.29 is 5.11 Å². The van der Waals surface area contributed by atoms with Crippen molar-refractivity contribution in [2.24, 2.45) is 0 Å². The van der Waals surface area contributed by atoms with Crippen LogP contribution in [0.3, 0.4) is 0 Å². The van der Waals surface area contributed by atoms with Crippen molar-refractivity contribution in [3.8, 4) is 0 Å². The van der Waals surface area contributed by atoms with E-state index in [0.29, 0.717) is 0 Å². The van der Waals surface area contributed by atoms with Crippen LogP contribution in [0.15, 0.2) is 36.4 Å². The molecular weight excluding hydrogens is 148 g/mol. The summed E-state index contributed by atoms with van der Waals surface area (Å²) >= 11 is 0. The van der Waals surface area contributed by atoms with E-state index in [2.05, 4.69) is 13.0 Å². The zero-order chi connectivity index (χ0) is 8.81. The van der Waals surface area contributed by atoms with Gasteiger partial charge in [-0.3, -0.25) is 0 Å². The number of allylic oxidation sites excluding steroid dienone is 1. The average molecular weight is 162 g/mol. The Morgan fingerprint density at radius 1 is 1.33 bits per heavy atom. The fourth-order valence-electron chi connectivity index (χ4n) is 1.17. The summed E-state index contributed by atoms with van der Waals surface area (Å²) in [6.45, 7) is 2.19. The van der Waals surface area contributed by atoms with Crippen molar-refractivity contribution in [2.75, 3.05) is 6.61 Å². The molecule has 12 heavy (non-hydrogen) atoms. The van der Waals surface area contributed by atoms with Crippen LogP contribution in [-0.4, -0.2) is 11.7 Å². The zero-order valence-corrected chi connectivity index (χ0v) is 7.33. The van der Waals surface area contributed by atoms with Crippen molar-refractivity contribution in [1.29, 1.82) is 0 Å². The number of benzene rings is 1. The Bertz CT molecular complexity index is 249. The quantitative estimate of drug-likeness (QED) is 0.724. The van der Waals surface area contributed by atoms with E-state index >= 15 is 0 Å². The first-order valence-electron chi connectivity index (χ1n) is 4.23. The summed E-state index contributed by atoms with van der Waals surface area (Å²) in [4.78, 5) is 0. The van der Waals surface area contributed by atoms with E-state index in [-0.39, 0.29) is 6.61 Å². The molecule has 0 aliphatic carbocycles. The lowest BCUT2D eigenvalue weighted by Gasteiger charge is -2.02. The lowest BCUT2D eigenvalue weighted by Crippen LogP contribution is -1.89. The van der Waals surface area contributed by atoms with Gasteiger partial charge in [-0.25, -0.2) is 0 Å². The van der Waals surface area contributed by atoms with Gasteiger partial charge in [0, 0.05) is 0 Å². The molecule has 0 atom stereocenters. The van der Waals surface area contributed by atoms with Gasteiger partial charge in [0.15, 0.2) is 0 Å². The Morgan fingerprint density at radius 3 is 2.50 bits per heavy atom. The van der Waals surface area contributed by atoms with Gasteiger partial charge in [-0.15, -0.1) is 0 Å². The summed E-state index contributed by atoms with van der Waals surface area (Å²) in [5.41, 5.74) is 2.12. The molecule has 0 amide bonds. The highest BCUT2D eigenvalue weighted by molar-refractivity contribution is 5.65. The van der Waals surface area contributed by atoms with Gasteiger partial charge in [0.2, 0.25) is 0 Å². The third-order valence-electron chi connectivity index (χ3n) is 1.77. The molecule has 1 heteroatoms. The molecule has 0 heterocycles. The number of aliphatic hydroxyl groups excluding tert-OH is 1. The van der Waals surface area contributed by atoms with Crippen molar-refractivity contribution in [2.45, 2.75) is 13.3 Å². The average Bonchev–Trinajstić information content (AvgIpc) is 2.15. The van der Waals surface area contributed by atoms with Gasteiger partial charge in [0.1, 0.15) is 0 Å². The molecule has 1 rings (SSSR count). The molecule has 64 valence electrons. The van der Waals surface area contributed by atoms with Crippen LogP contribution in [0.2, 0.25) is 0 Å². The van der Waals surface area contributed by atoms with Gasteiger partial charge in [-0.2, -0.15) is 0 Å². The summed E-state index contributed by atoms with van der Waals surface area (Å²) in [6.07, 6.45) is 3.01. The van der Waals surface area contributed by atoms with Crippen molar-refractivity contribution >= 4 is 5.57 Å². The molecule has 0 spiro atoms. The molecule has 0 saturated heterocycles. The Kier molecular flexibility index (Phi) is 3.55. The van der Waals surface area contributed by atoms with Crippen molar-refractivity contribution in [1.82, 2.24) is 0 Å². The highest BCUT2D eigenvalue weighted by atomic mass is 16.3. The maximum Gasteiger partial charge on any atom is 0.0684 e. The number of hydrogen-bond donors (Lipinski definition) is 1. The first-order valence-corrected chi connectivity index (χ1v) is 4.23. The van der Waals surface area contributed by atoms with Crippen LogP contribution in [0.25, 0.3) is 5.57 Å².